The molecule has 0 atom stereocenters. The van der Waals surface area contributed by atoms with Crippen molar-refractivity contribution in [2.45, 2.75) is 39.8 Å². The van der Waals surface area contributed by atoms with E-state index in [1.165, 1.54) is 9.75 Å². The van der Waals surface area contributed by atoms with Crippen LogP contribution in [-0.4, -0.2) is 30.7 Å². The van der Waals surface area contributed by atoms with Crippen LogP contribution >= 0.6 is 11.3 Å². The van der Waals surface area contributed by atoms with Crippen LogP contribution in [-0.2, 0) is 17.8 Å². The fourth-order valence-electron chi connectivity index (χ4n) is 2.33. The van der Waals surface area contributed by atoms with Gasteiger partial charge >= 0.3 is 6.03 Å². The maximum absolute atomic E-state index is 12.5. The van der Waals surface area contributed by atoms with Crippen molar-refractivity contribution in [3.8, 4) is 0 Å². The Kier molecular flexibility index (Phi) is 7.85. The van der Waals surface area contributed by atoms with E-state index in [-0.39, 0.29) is 6.03 Å². The number of hydrogen-bond acceptors (Lipinski definition) is 4. The number of ether oxygens (including phenoxy) is 1. The van der Waals surface area contributed by atoms with Crippen molar-refractivity contribution in [1.82, 2.24) is 10.2 Å². The van der Waals surface area contributed by atoms with Crippen molar-refractivity contribution >= 4 is 17.4 Å². The van der Waals surface area contributed by atoms with Gasteiger partial charge in [-0.15, -0.1) is 11.3 Å². The van der Waals surface area contributed by atoms with Gasteiger partial charge in [0.1, 0.15) is 5.76 Å². The summed E-state index contributed by atoms with van der Waals surface area (Å²) in [4.78, 5) is 16.7. The molecule has 24 heavy (non-hydrogen) atoms. The predicted molar refractivity (Wildman–Crippen MR) is 96.1 cm³/mol. The maximum atomic E-state index is 12.5. The summed E-state index contributed by atoms with van der Waals surface area (Å²) in [6.45, 7) is 7.26. The Morgan fingerprint density at radius 3 is 2.83 bits per heavy atom. The molecule has 132 valence electrons. The molecule has 0 aliphatic heterocycles. The lowest BCUT2D eigenvalue weighted by molar-refractivity contribution is 0.143. The zero-order valence-electron chi connectivity index (χ0n) is 14.4. The van der Waals surface area contributed by atoms with Gasteiger partial charge in [0.2, 0.25) is 0 Å². The molecule has 2 aromatic rings. The van der Waals surface area contributed by atoms with E-state index < -0.39 is 0 Å². The minimum atomic E-state index is -0.0612. The first-order valence-corrected chi connectivity index (χ1v) is 9.19. The molecule has 0 unspecified atom stereocenters. The monoisotopic (exact) mass is 350 g/mol. The number of carbonyl (C=O) groups is 1. The zero-order chi connectivity index (χ0) is 17.2. The lowest BCUT2D eigenvalue weighted by Crippen LogP contribution is -2.39. The number of furan rings is 1. The number of aryl methyl sites for hydroxylation is 1. The fourth-order valence-corrected chi connectivity index (χ4v) is 3.24. The molecule has 6 heteroatoms. The first-order chi connectivity index (χ1) is 11.7. The molecular formula is C18H26N2O3S. The highest BCUT2D eigenvalue weighted by Crippen LogP contribution is 2.18. The normalized spacial score (nSPS) is 10.8. The van der Waals surface area contributed by atoms with Crippen LogP contribution in [0.4, 0.5) is 4.79 Å². The lowest BCUT2D eigenvalue weighted by atomic mass is 10.3. The number of amides is 2. The summed E-state index contributed by atoms with van der Waals surface area (Å²) in [6.07, 6.45) is 3.50. The van der Waals surface area contributed by atoms with Crippen molar-refractivity contribution in [3.63, 3.8) is 0 Å². The Balaban J connectivity index is 1.85. The molecule has 0 saturated carbocycles. The van der Waals surface area contributed by atoms with Crippen molar-refractivity contribution in [2.24, 2.45) is 0 Å². The van der Waals surface area contributed by atoms with Crippen LogP contribution in [0.5, 0.6) is 0 Å². The molecule has 1 N–H and O–H groups in total. The predicted octanol–water partition coefficient (Wildman–Crippen LogP) is 4.18. The maximum Gasteiger partial charge on any atom is 0.318 e. The van der Waals surface area contributed by atoms with Gasteiger partial charge in [-0.05, 0) is 51.0 Å². The first kappa shape index (κ1) is 18.5. The number of thiophene rings is 1. The molecule has 0 bridgehead atoms. The van der Waals surface area contributed by atoms with Crippen LogP contribution in [0, 0.1) is 6.92 Å². The molecule has 0 fully saturated rings. The van der Waals surface area contributed by atoms with Crippen LogP contribution in [0.2, 0.25) is 0 Å². The second-order valence-electron chi connectivity index (χ2n) is 5.58. The second-order valence-corrected chi connectivity index (χ2v) is 6.96. The minimum Gasteiger partial charge on any atom is -0.467 e. The van der Waals surface area contributed by atoms with E-state index in [1.54, 1.807) is 22.5 Å². The SMILES string of the molecule is CCOCCCCNC(=O)N(Cc1ccco1)Cc1ccc(C)s1. The summed E-state index contributed by atoms with van der Waals surface area (Å²) < 4.78 is 10.7. The molecular weight excluding hydrogens is 324 g/mol. The summed E-state index contributed by atoms with van der Waals surface area (Å²) in [5.74, 6) is 0.787. The van der Waals surface area contributed by atoms with Crippen molar-refractivity contribution in [1.29, 1.82) is 0 Å². The fraction of sp³-hybridized carbons (Fsp3) is 0.500. The highest BCUT2D eigenvalue weighted by atomic mass is 32.1. The Labute approximate surface area is 147 Å². The van der Waals surface area contributed by atoms with E-state index in [0.29, 0.717) is 19.6 Å². The molecule has 2 rings (SSSR count). The van der Waals surface area contributed by atoms with Gasteiger partial charge in [0.25, 0.3) is 0 Å². The molecule has 0 aliphatic rings. The number of unbranched alkanes of at least 4 members (excludes halogenated alkanes) is 1. The number of rotatable bonds is 10. The van der Waals surface area contributed by atoms with Crippen LogP contribution < -0.4 is 5.32 Å². The van der Waals surface area contributed by atoms with Gasteiger partial charge in [-0.1, -0.05) is 0 Å². The molecule has 0 radical (unpaired) electrons. The highest BCUT2D eigenvalue weighted by Gasteiger charge is 2.16. The number of urea groups is 1. The van der Waals surface area contributed by atoms with Gasteiger partial charge in [0.05, 0.1) is 19.4 Å². The number of nitrogens with zero attached hydrogens (tertiary/aromatic N) is 1. The standard InChI is InChI=1S/C18H26N2O3S/c1-3-22-11-5-4-10-19-18(21)20(13-16-7-6-12-23-16)14-17-9-8-15(2)24-17/h6-9,12H,3-5,10-11,13-14H2,1-2H3,(H,19,21). The van der Waals surface area contributed by atoms with E-state index in [1.807, 2.05) is 19.1 Å². The lowest BCUT2D eigenvalue weighted by Gasteiger charge is -2.21. The molecule has 2 amide bonds. The van der Waals surface area contributed by atoms with E-state index in [9.17, 15) is 4.79 Å². The molecule has 2 heterocycles. The molecule has 2 aromatic heterocycles. The number of nitrogens with one attached hydrogen (secondary N) is 1. The third kappa shape index (κ3) is 6.37. The van der Waals surface area contributed by atoms with Gasteiger partial charge in [-0.3, -0.25) is 0 Å². The zero-order valence-corrected chi connectivity index (χ0v) is 15.2. The Hall–Kier alpha value is -1.79. The minimum absolute atomic E-state index is 0.0612. The number of carbonyl (C=O) groups excluding carboxylic acids is 1. The van der Waals surface area contributed by atoms with E-state index in [2.05, 4.69) is 24.4 Å². The molecule has 0 aliphatic carbocycles. The van der Waals surface area contributed by atoms with Gasteiger partial charge in [0, 0.05) is 29.5 Å². The summed E-state index contributed by atoms with van der Waals surface area (Å²) in [7, 11) is 0. The Bertz CT molecular complexity index is 595. The van der Waals surface area contributed by atoms with E-state index in [4.69, 9.17) is 9.15 Å². The third-order valence-electron chi connectivity index (χ3n) is 3.55. The van der Waals surface area contributed by atoms with Gasteiger partial charge in [-0.2, -0.15) is 0 Å². The van der Waals surface area contributed by atoms with Gasteiger partial charge in [0.15, 0.2) is 0 Å². The highest BCUT2D eigenvalue weighted by molar-refractivity contribution is 7.11. The summed E-state index contributed by atoms with van der Waals surface area (Å²) in [5.41, 5.74) is 0. The Morgan fingerprint density at radius 2 is 2.17 bits per heavy atom. The molecule has 0 aromatic carbocycles. The smallest absolute Gasteiger partial charge is 0.318 e. The van der Waals surface area contributed by atoms with Crippen molar-refractivity contribution in [3.05, 3.63) is 46.0 Å². The van der Waals surface area contributed by atoms with Gasteiger partial charge < -0.3 is 19.4 Å². The first-order valence-electron chi connectivity index (χ1n) is 8.37. The second kappa shape index (κ2) is 10.2. The van der Waals surface area contributed by atoms with Crippen LogP contribution in [0.15, 0.2) is 34.9 Å². The van der Waals surface area contributed by atoms with Crippen molar-refractivity contribution in [2.75, 3.05) is 19.8 Å². The number of hydrogen-bond donors (Lipinski definition) is 1. The topological polar surface area (TPSA) is 54.7 Å². The average Bonchev–Trinajstić information content (AvgIpc) is 3.22. The molecule has 0 spiro atoms. The Morgan fingerprint density at radius 1 is 1.29 bits per heavy atom. The summed E-state index contributed by atoms with van der Waals surface area (Å²) in [6, 6.07) is 7.83. The molecule has 0 saturated heterocycles. The third-order valence-corrected chi connectivity index (χ3v) is 4.54. The summed E-state index contributed by atoms with van der Waals surface area (Å²) >= 11 is 1.71. The van der Waals surface area contributed by atoms with E-state index in [0.717, 1.165) is 31.8 Å². The largest absolute Gasteiger partial charge is 0.467 e. The van der Waals surface area contributed by atoms with Gasteiger partial charge in [-0.25, -0.2) is 4.79 Å². The average molecular weight is 350 g/mol. The van der Waals surface area contributed by atoms with Crippen LogP contribution in [0.3, 0.4) is 0 Å². The molecule has 5 nitrogen and oxygen atoms in total. The summed E-state index contributed by atoms with van der Waals surface area (Å²) in [5, 5.41) is 2.99. The van der Waals surface area contributed by atoms with Crippen LogP contribution in [0.1, 0.15) is 35.3 Å². The van der Waals surface area contributed by atoms with Crippen LogP contribution in [0.25, 0.3) is 0 Å². The van der Waals surface area contributed by atoms with Crippen molar-refractivity contribution < 1.29 is 13.9 Å². The quantitative estimate of drug-likeness (QED) is 0.654. The van der Waals surface area contributed by atoms with E-state index >= 15 is 0 Å².